The first kappa shape index (κ1) is 19.5. The van der Waals surface area contributed by atoms with Gasteiger partial charge in [0.05, 0.1) is 23.3 Å². The molecule has 0 amide bonds. The van der Waals surface area contributed by atoms with Crippen molar-refractivity contribution in [2.24, 2.45) is 5.10 Å². The van der Waals surface area contributed by atoms with Gasteiger partial charge in [-0.05, 0) is 42.0 Å². The number of hydrogen-bond acceptors (Lipinski definition) is 7. The average molecular weight is 420 g/mol. The van der Waals surface area contributed by atoms with Crippen molar-refractivity contribution >= 4 is 35.7 Å². The number of hydrogen-bond donors (Lipinski definition) is 1. The molecular formula is C17H14ClN5O4S. The van der Waals surface area contributed by atoms with Gasteiger partial charge in [-0.1, -0.05) is 11.6 Å². The Labute approximate surface area is 169 Å². The molecule has 0 saturated carbocycles. The zero-order valence-electron chi connectivity index (χ0n) is 14.5. The lowest BCUT2D eigenvalue weighted by Crippen LogP contribution is -2.01. The topological polar surface area (TPSA) is 108 Å². The van der Waals surface area contributed by atoms with Crippen molar-refractivity contribution < 1.29 is 14.4 Å². The maximum Gasteiger partial charge on any atom is 0.271 e. The molecule has 0 bridgehead atoms. The van der Waals surface area contributed by atoms with Crippen molar-refractivity contribution in [1.82, 2.24) is 14.9 Å². The lowest BCUT2D eigenvalue weighted by molar-refractivity contribution is -0.384. The number of methoxy groups -OCH3 is 1. The van der Waals surface area contributed by atoms with Crippen molar-refractivity contribution in [2.75, 3.05) is 7.11 Å². The summed E-state index contributed by atoms with van der Waals surface area (Å²) in [6, 6.07) is 9.48. The lowest BCUT2D eigenvalue weighted by atomic mass is 10.1. The van der Waals surface area contributed by atoms with Crippen molar-refractivity contribution in [1.29, 1.82) is 0 Å². The number of aromatic amines is 1. The van der Waals surface area contributed by atoms with Crippen LogP contribution in [0.3, 0.4) is 0 Å². The molecule has 1 N–H and O–H groups in total. The van der Waals surface area contributed by atoms with Crippen molar-refractivity contribution in [3.05, 3.63) is 73.8 Å². The molecule has 0 aliphatic carbocycles. The summed E-state index contributed by atoms with van der Waals surface area (Å²) in [4.78, 5) is 10.3. The van der Waals surface area contributed by atoms with Crippen LogP contribution in [0.15, 0.2) is 47.8 Å². The standard InChI is InChI=1S/C17H14ClN5O4S/c1-26-15-4-2-11(8-20-22-10-19-21-17(22)28)6-12(15)9-27-16-5-3-13(23(24)25)7-14(16)18/h2-8,10H,9H2,1H3,(H,21,28). The molecule has 1 heterocycles. The molecule has 144 valence electrons. The van der Waals surface area contributed by atoms with Crippen LogP contribution in [-0.4, -0.2) is 33.1 Å². The van der Waals surface area contributed by atoms with Gasteiger partial charge in [0.2, 0.25) is 4.77 Å². The van der Waals surface area contributed by atoms with E-state index < -0.39 is 4.92 Å². The molecule has 0 atom stereocenters. The number of benzene rings is 2. The molecule has 3 rings (SSSR count). The van der Waals surface area contributed by atoms with Crippen LogP contribution in [0.5, 0.6) is 11.5 Å². The van der Waals surface area contributed by atoms with E-state index in [1.807, 2.05) is 12.1 Å². The van der Waals surface area contributed by atoms with Gasteiger partial charge in [0.1, 0.15) is 24.4 Å². The Morgan fingerprint density at radius 3 is 2.79 bits per heavy atom. The predicted octanol–water partition coefficient (Wildman–Crippen LogP) is 3.97. The van der Waals surface area contributed by atoms with Crippen LogP contribution in [0.4, 0.5) is 5.69 Å². The van der Waals surface area contributed by atoms with Gasteiger partial charge in [-0.15, -0.1) is 0 Å². The highest BCUT2D eigenvalue weighted by atomic mass is 35.5. The molecule has 0 unspecified atom stereocenters. The molecule has 1 aromatic heterocycles. The Morgan fingerprint density at radius 1 is 1.36 bits per heavy atom. The Hall–Kier alpha value is -3.24. The van der Waals surface area contributed by atoms with Crippen molar-refractivity contribution in [2.45, 2.75) is 6.61 Å². The molecule has 0 spiro atoms. The van der Waals surface area contributed by atoms with E-state index in [0.29, 0.717) is 16.3 Å². The van der Waals surface area contributed by atoms with E-state index >= 15 is 0 Å². The number of aromatic nitrogens is 3. The third kappa shape index (κ3) is 4.53. The summed E-state index contributed by atoms with van der Waals surface area (Å²) >= 11 is 11.1. The quantitative estimate of drug-likeness (QED) is 0.268. The number of nitro groups is 1. The molecule has 0 radical (unpaired) electrons. The average Bonchev–Trinajstić information content (AvgIpc) is 3.10. The number of halogens is 1. The summed E-state index contributed by atoms with van der Waals surface area (Å²) in [6.07, 6.45) is 3.08. The predicted molar refractivity (Wildman–Crippen MR) is 106 cm³/mol. The van der Waals surface area contributed by atoms with Crippen LogP contribution in [0.2, 0.25) is 5.02 Å². The van der Waals surface area contributed by atoms with Gasteiger partial charge in [-0.2, -0.15) is 14.9 Å². The molecule has 0 aliphatic heterocycles. The Bertz CT molecular complexity index is 1100. The molecule has 0 aliphatic rings. The number of nitrogens with zero attached hydrogens (tertiary/aromatic N) is 4. The van der Waals surface area contributed by atoms with E-state index in [9.17, 15) is 10.1 Å². The number of nitro benzene ring substituents is 1. The number of H-pyrrole nitrogens is 1. The smallest absolute Gasteiger partial charge is 0.271 e. The van der Waals surface area contributed by atoms with Crippen molar-refractivity contribution in [3.63, 3.8) is 0 Å². The second kappa shape index (κ2) is 8.63. The van der Waals surface area contributed by atoms with Gasteiger partial charge in [-0.3, -0.25) is 15.2 Å². The zero-order chi connectivity index (χ0) is 20.1. The summed E-state index contributed by atoms with van der Waals surface area (Å²) < 4.78 is 12.9. The van der Waals surface area contributed by atoms with Crippen LogP contribution >= 0.6 is 23.8 Å². The highest BCUT2D eigenvalue weighted by Crippen LogP contribution is 2.30. The fourth-order valence-corrected chi connectivity index (χ4v) is 2.70. The number of non-ortho nitro benzene ring substituents is 1. The normalized spacial score (nSPS) is 10.9. The summed E-state index contributed by atoms with van der Waals surface area (Å²) in [5, 5.41) is 21.6. The Morgan fingerprint density at radius 2 is 2.14 bits per heavy atom. The summed E-state index contributed by atoms with van der Waals surface area (Å²) in [5.41, 5.74) is 1.43. The third-order valence-electron chi connectivity index (χ3n) is 3.68. The van der Waals surface area contributed by atoms with Gasteiger partial charge in [0, 0.05) is 17.7 Å². The largest absolute Gasteiger partial charge is 0.496 e. The van der Waals surface area contributed by atoms with E-state index in [0.717, 1.165) is 11.1 Å². The van der Waals surface area contributed by atoms with Crippen LogP contribution in [0.25, 0.3) is 0 Å². The van der Waals surface area contributed by atoms with E-state index in [1.165, 1.54) is 29.2 Å². The highest BCUT2D eigenvalue weighted by molar-refractivity contribution is 7.71. The van der Waals surface area contributed by atoms with Gasteiger partial charge in [0.15, 0.2) is 0 Å². The van der Waals surface area contributed by atoms with Gasteiger partial charge < -0.3 is 9.47 Å². The van der Waals surface area contributed by atoms with E-state index in [1.54, 1.807) is 19.4 Å². The number of nitrogens with one attached hydrogen (secondary N) is 1. The molecule has 2 aromatic carbocycles. The van der Waals surface area contributed by atoms with Gasteiger partial charge in [-0.25, -0.2) is 0 Å². The second-order valence-electron chi connectivity index (χ2n) is 5.48. The van der Waals surface area contributed by atoms with Crippen LogP contribution in [0, 0.1) is 14.9 Å². The first-order valence-electron chi connectivity index (χ1n) is 7.88. The molecule has 11 heteroatoms. The molecule has 0 saturated heterocycles. The maximum absolute atomic E-state index is 10.8. The Balaban J connectivity index is 1.79. The maximum atomic E-state index is 10.8. The minimum absolute atomic E-state index is 0.106. The number of rotatable bonds is 7. The second-order valence-corrected chi connectivity index (χ2v) is 6.28. The van der Waals surface area contributed by atoms with Gasteiger partial charge in [0.25, 0.3) is 5.69 Å². The van der Waals surface area contributed by atoms with E-state index in [-0.39, 0.29) is 17.3 Å². The fraction of sp³-hybridized carbons (Fsp3) is 0.118. The van der Waals surface area contributed by atoms with E-state index in [4.69, 9.17) is 33.3 Å². The third-order valence-corrected chi connectivity index (χ3v) is 4.25. The monoisotopic (exact) mass is 419 g/mol. The Kier molecular flexibility index (Phi) is 6.02. The van der Waals surface area contributed by atoms with Crippen LogP contribution in [-0.2, 0) is 6.61 Å². The van der Waals surface area contributed by atoms with Gasteiger partial charge >= 0.3 is 0 Å². The summed E-state index contributed by atoms with van der Waals surface area (Å²) in [6.45, 7) is 0.146. The number of ether oxygens (including phenoxy) is 2. The molecular weight excluding hydrogens is 406 g/mol. The molecule has 0 fully saturated rings. The minimum atomic E-state index is -0.520. The molecule has 9 nitrogen and oxygen atoms in total. The fourth-order valence-electron chi connectivity index (χ4n) is 2.32. The lowest BCUT2D eigenvalue weighted by Gasteiger charge is -2.12. The molecule has 3 aromatic rings. The summed E-state index contributed by atoms with van der Waals surface area (Å²) in [5.74, 6) is 0.952. The van der Waals surface area contributed by atoms with Crippen LogP contribution < -0.4 is 9.47 Å². The zero-order valence-corrected chi connectivity index (χ0v) is 16.1. The van der Waals surface area contributed by atoms with Crippen LogP contribution in [0.1, 0.15) is 11.1 Å². The first-order valence-corrected chi connectivity index (χ1v) is 8.66. The minimum Gasteiger partial charge on any atom is -0.496 e. The first-order chi connectivity index (χ1) is 13.5. The highest BCUT2D eigenvalue weighted by Gasteiger charge is 2.12. The molecule has 28 heavy (non-hydrogen) atoms. The summed E-state index contributed by atoms with van der Waals surface area (Å²) in [7, 11) is 1.55. The SMILES string of the molecule is COc1ccc(C=Nn2cn[nH]c2=S)cc1COc1ccc([N+](=O)[O-])cc1Cl. The van der Waals surface area contributed by atoms with E-state index in [2.05, 4.69) is 15.3 Å². The van der Waals surface area contributed by atoms with Crippen molar-refractivity contribution in [3.8, 4) is 11.5 Å².